The molecule has 0 aromatic rings. The molecule has 4 rings (SSSR count). The summed E-state index contributed by atoms with van der Waals surface area (Å²) in [7, 11) is -0.450. The topological polar surface area (TPSA) is 18.5 Å². The minimum Gasteiger partial charge on any atom is -0.404 e. The molecule has 4 fully saturated rings. The van der Waals surface area contributed by atoms with E-state index < -0.39 is 11.9 Å². The molecule has 16 heavy (non-hydrogen) atoms. The van der Waals surface area contributed by atoms with Crippen LogP contribution in [0.5, 0.6) is 0 Å². The van der Waals surface area contributed by atoms with Gasteiger partial charge in [0, 0.05) is 0 Å². The van der Waals surface area contributed by atoms with E-state index in [4.69, 9.17) is 32.5 Å². The molecule has 4 aliphatic rings. The van der Waals surface area contributed by atoms with Gasteiger partial charge in [0.05, 0.1) is 11.7 Å². The molecule has 5 heteroatoms. The van der Waals surface area contributed by atoms with Gasteiger partial charge in [-0.2, -0.15) is 0 Å². The Kier molecular flexibility index (Phi) is 2.41. The number of alkyl halides is 2. The Balaban J connectivity index is 1.87. The monoisotopic (exact) mass is 262 g/mol. The van der Waals surface area contributed by atoms with E-state index in [-0.39, 0.29) is 11.7 Å². The van der Waals surface area contributed by atoms with Gasteiger partial charge >= 0.3 is 7.12 Å². The predicted molar refractivity (Wildman–Crippen MR) is 65.6 cm³/mol. The maximum atomic E-state index is 6.01. The molecule has 90 valence electrons. The molecular formula is C11H17BCl2O2. The number of halogens is 2. The second kappa shape index (κ2) is 3.31. The van der Waals surface area contributed by atoms with Crippen molar-refractivity contribution in [2.75, 3.05) is 0 Å². The van der Waals surface area contributed by atoms with Crippen LogP contribution in [0.4, 0.5) is 0 Å². The number of hydrogen-bond donors (Lipinski definition) is 0. The minimum absolute atomic E-state index is 0.175. The quantitative estimate of drug-likeness (QED) is 0.534. The van der Waals surface area contributed by atoms with Gasteiger partial charge in [-0.1, -0.05) is 13.8 Å². The third-order valence-electron chi connectivity index (χ3n) is 5.17. The molecule has 3 saturated carbocycles. The SMILES string of the molecule is CC1(C)[C@@H]2C[C@H]1[C@]1(C)OB(C(Cl)Cl)O[C@@H]1C2. The van der Waals surface area contributed by atoms with Crippen molar-refractivity contribution in [3.63, 3.8) is 0 Å². The van der Waals surface area contributed by atoms with Crippen molar-refractivity contribution in [3.05, 3.63) is 0 Å². The van der Waals surface area contributed by atoms with E-state index in [9.17, 15) is 0 Å². The van der Waals surface area contributed by atoms with Crippen LogP contribution in [0, 0.1) is 17.3 Å². The fourth-order valence-electron chi connectivity index (χ4n) is 4.00. The second-order valence-electron chi connectivity index (χ2n) is 6.17. The molecule has 4 atom stereocenters. The van der Waals surface area contributed by atoms with Crippen LogP contribution < -0.4 is 0 Å². The molecular weight excluding hydrogens is 246 g/mol. The van der Waals surface area contributed by atoms with Crippen LogP contribution in [0.25, 0.3) is 0 Å². The van der Waals surface area contributed by atoms with E-state index in [1.807, 2.05) is 0 Å². The average Bonchev–Trinajstić information content (AvgIpc) is 2.54. The van der Waals surface area contributed by atoms with E-state index >= 15 is 0 Å². The normalized spacial score (nSPS) is 49.1. The average molecular weight is 263 g/mol. The Labute approximate surface area is 107 Å². The molecule has 2 bridgehead atoms. The van der Waals surface area contributed by atoms with Crippen LogP contribution in [0.2, 0.25) is 0 Å². The highest BCUT2D eigenvalue weighted by Crippen LogP contribution is 2.65. The zero-order valence-electron chi connectivity index (χ0n) is 9.87. The molecule has 3 aliphatic carbocycles. The standard InChI is InChI=1S/C11H17BCl2O2/c1-10(2)6-4-7(10)11(3)8(5-6)15-12(16-11)9(13)14/h6-9H,4-5H2,1-3H3/t6-,7-,8-,11+/m1/s1. The number of hydrogen-bond acceptors (Lipinski definition) is 2. The minimum atomic E-state index is -0.595. The smallest absolute Gasteiger partial charge is 0.404 e. The maximum Gasteiger partial charge on any atom is 0.492 e. The highest BCUT2D eigenvalue weighted by molar-refractivity contribution is 6.73. The molecule has 1 aliphatic heterocycles. The second-order valence-corrected chi connectivity index (χ2v) is 7.34. The molecule has 0 aromatic heterocycles. The van der Waals surface area contributed by atoms with Gasteiger partial charge in [0.2, 0.25) is 0 Å². The summed E-state index contributed by atoms with van der Waals surface area (Å²) in [4.78, 5) is 0. The first-order valence-corrected chi connectivity index (χ1v) is 6.84. The Bertz CT molecular complexity index is 323. The molecule has 0 aromatic carbocycles. The largest absolute Gasteiger partial charge is 0.492 e. The van der Waals surface area contributed by atoms with E-state index in [0.717, 1.165) is 12.3 Å². The van der Waals surface area contributed by atoms with E-state index in [2.05, 4.69) is 20.8 Å². The van der Waals surface area contributed by atoms with Crippen LogP contribution in [0.3, 0.4) is 0 Å². The Morgan fingerprint density at radius 1 is 1.25 bits per heavy atom. The van der Waals surface area contributed by atoms with E-state index in [1.165, 1.54) is 6.42 Å². The lowest BCUT2D eigenvalue weighted by Gasteiger charge is -2.64. The first-order chi connectivity index (χ1) is 7.35. The van der Waals surface area contributed by atoms with Crippen LogP contribution >= 0.6 is 23.2 Å². The zero-order valence-corrected chi connectivity index (χ0v) is 11.4. The molecule has 0 spiro atoms. The first kappa shape index (κ1) is 11.6. The number of rotatable bonds is 1. The fraction of sp³-hybridized carbons (Fsp3) is 1.00. The van der Waals surface area contributed by atoms with E-state index in [1.54, 1.807) is 0 Å². The molecule has 0 N–H and O–H groups in total. The molecule has 1 saturated heterocycles. The van der Waals surface area contributed by atoms with Crippen molar-refractivity contribution in [3.8, 4) is 0 Å². The highest BCUT2D eigenvalue weighted by atomic mass is 35.5. The van der Waals surface area contributed by atoms with Crippen molar-refractivity contribution in [2.24, 2.45) is 17.3 Å². The van der Waals surface area contributed by atoms with Gasteiger partial charge in [-0.25, -0.2) is 0 Å². The Morgan fingerprint density at radius 2 is 1.94 bits per heavy atom. The van der Waals surface area contributed by atoms with Crippen LogP contribution in [-0.4, -0.2) is 23.6 Å². The Morgan fingerprint density at radius 3 is 2.50 bits per heavy atom. The van der Waals surface area contributed by atoms with Crippen molar-refractivity contribution in [1.29, 1.82) is 0 Å². The summed E-state index contributed by atoms with van der Waals surface area (Å²) in [5, 5.41) is 0. The van der Waals surface area contributed by atoms with Gasteiger partial charge in [0.15, 0.2) is 0 Å². The van der Waals surface area contributed by atoms with Gasteiger partial charge in [0.25, 0.3) is 0 Å². The predicted octanol–water partition coefficient (Wildman–Crippen LogP) is 3.06. The van der Waals surface area contributed by atoms with Gasteiger partial charge in [0.1, 0.15) is 4.74 Å². The zero-order chi connectivity index (χ0) is 11.7. The summed E-state index contributed by atoms with van der Waals surface area (Å²) in [5.74, 6) is 1.34. The van der Waals surface area contributed by atoms with Gasteiger partial charge < -0.3 is 9.31 Å². The van der Waals surface area contributed by atoms with E-state index in [0.29, 0.717) is 11.3 Å². The third kappa shape index (κ3) is 1.29. The van der Waals surface area contributed by atoms with Gasteiger partial charge in [-0.15, -0.1) is 23.2 Å². The fourth-order valence-corrected chi connectivity index (χ4v) is 4.23. The maximum absolute atomic E-state index is 6.01. The van der Waals surface area contributed by atoms with Gasteiger partial charge in [-0.05, 0) is 37.0 Å². The van der Waals surface area contributed by atoms with Gasteiger partial charge in [-0.3, -0.25) is 0 Å². The summed E-state index contributed by atoms with van der Waals surface area (Å²) in [5.41, 5.74) is 0.183. The van der Waals surface area contributed by atoms with Crippen molar-refractivity contribution in [1.82, 2.24) is 0 Å². The lowest BCUT2D eigenvalue weighted by atomic mass is 9.43. The summed E-state index contributed by atoms with van der Waals surface area (Å²) >= 11 is 11.7. The molecule has 0 amide bonds. The lowest BCUT2D eigenvalue weighted by molar-refractivity contribution is -0.199. The third-order valence-corrected chi connectivity index (χ3v) is 5.59. The first-order valence-electron chi connectivity index (χ1n) is 5.97. The summed E-state index contributed by atoms with van der Waals surface area (Å²) in [6.07, 6.45) is 2.51. The van der Waals surface area contributed by atoms with Crippen LogP contribution in [0.1, 0.15) is 33.6 Å². The van der Waals surface area contributed by atoms with Crippen LogP contribution in [0.15, 0.2) is 0 Å². The van der Waals surface area contributed by atoms with Crippen LogP contribution in [-0.2, 0) is 9.31 Å². The summed E-state index contributed by atoms with van der Waals surface area (Å²) in [6, 6.07) is 0. The van der Waals surface area contributed by atoms with Crippen molar-refractivity contribution in [2.45, 2.75) is 50.1 Å². The lowest BCUT2D eigenvalue weighted by Crippen LogP contribution is -2.65. The summed E-state index contributed by atoms with van der Waals surface area (Å²) in [6.45, 7) is 6.83. The molecule has 0 radical (unpaired) electrons. The molecule has 0 unspecified atom stereocenters. The summed E-state index contributed by atoms with van der Waals surface area (Å²) < 4.78 is 11.3. The highest BCUT2D eigenvalue weighted by Gasteiger charge is 2.68. The molecule has 1 heterocycles. The molecule has 2 nitrogen and oxygen atoms in total. The Hall–Kier alpha value is 0.565. The van der Waals surface area contributed by atoms with Crippen molar-refractivity contribution >= 4 is 30.3 Å². The van der Waals surface area contributed by atoms with Crippen molar-refractivity contribution < 1.29 is 9.31 Å².